The quantitative estimate of drug-likeness (QED) is 0.507. The summed E-state index contributed by atoms with van der Waals surface area (Å²) in [5.41, 5.74) is 0.935. The van der Waals surface area contributed by atoms with Crippen molar-refractivity contribution in [3.8, 4) is 5.88 Å². The van der Waals surface area contributed by atoms with E-state index in [1.165, 1.54) is 30.6 Å². The predicted molar refractivity (Wildman–Crippen MR) is 111 cm³/mol. The highest BCUT2D eigenvalue weighted by atomic mass is 32.2. The van der Waals surface area contributed by atoms with E-state index in [9.17, 15) is 9.59 Å². The van der Waals surface area contributed by atoms with Crippen LogP contribution in [0, 0.1) is 0 Å². The van der Waals surface area contributed by atoms with E-state index < -0.39 is 35.9 Å². The SMILES string of the molecule is COc1ncnc2c1ncn2[C@@H]1O[C@H](COC(=O)c2ccccc2)[C@@H](OC(=O)SC)[C@@H]1F. The fourth-order valence-electron chi connectivity index (χ4n) is 3.33. The second-order valence-corrected chi connectivity index (χ2v) is 7.46. The molecule has 0 radical (unpaired) electrons. The molecular formula is C20H19FN4O6S. The number of benzene rings is 1. The molecule has 3 aromatic rings. The summed E-state index contributed by atoms with van der Waals surface area (Å²) in [5.74, 6) is -0.380. The lowest BCUT2D eigenvalue weighted by Crippen LogP contribution is -2.36. The van der Waals surface area contributed by atoms with Crippen molar-refractivity contribution >= 4 is 34.2 Å². The van der Waals surface area contributed by atoms with Gasteiger partial charge in [-0.3, -0.25) is 4.57 Å². The molecule has 2 aromatic heterocycles. The molecule has 1 aliphatic rings. The van der Waals surface area contributed by atoms with Crippen LogP contribution in [-0.2, 0) is 14.2 Å². The molecular weight excluding hydrogens is 443 g/mol. The average Bonchev–Trinajstić information content (AvgIpc) is 3.39. The number of hydrogen-bond donors (Lipinski definition) is 0. The summed E-state index contributed by atoms with van der Waals surface area (Å²) >= 11 is 0.796. The number of hydrogen-bond acceptors (Lipinski definition) is 10. The molecule has 12 heteroatoms. The molecule has 168 valence electrons. The molecule has 1 aromatic carbocycles. The largest absolute Gasteiger partial charge is 0.479 e. The Kier molecular flexibility index (Phi) is 6.51. The van der Waals surface area contributed by atoms with E-state index in [1.807, 2.05) is 0 Å². The van der Waals surface area contributed by atoms with Crippen molar-refractivity contribution in [2.24, 2.45) is 0 Å². The molecule has 1 fully saturated rings. The normalized spacial score (nSPS) is 22.6. The van der Waals surface area contributed by atoms with E-state index in [4.69, 9.17) is 18.9 Å². The van der Waals surface area contributed by atoms with E-state index in [0.717, 1.165) is 11.8 Å². The summed E-state index contributed by atoms with van der Waals surface area (Å²) in [5, 5.41) is -0.680. The zero-order chi connectivity index (χ0) is 22.7. The number of carbonyl (C=O) groups is 2. The monoisotopic (exact) mass is 462 g/mol. The van der Waals surface area contributed by atoms with Gasteiger partial charge in [0, 0.05) is 0 Å². The van der Waals surface area contributed by atoms with Crippen LogP contribution in [0.4, 0.5) is 9.18 Å². The van der Waals surface area contributed by atoms with Crippen LogP contribution >= 0.6 is 11.8 Å². The Hall–Kier alpha value is -3.25. The van der Waals surface area contributed by atoms with Gasteiger partial charge in [0.2, 0.25) is 5.88 Å². The number of rotatable bonds is 6. The second kappa shape index (κ2) is 9.49. The summed E-state index contributed by atoms with van der Waals surface area (Å²) in [7, 11) is 1.43. The first kappa shape index (κ1) is 22.0. The van der Waals surface area contributed by atoms with Gasteiger partial charge < -0.3 is 18.9 Å². The topological polar surface area (TPSA) is 115 Å². The molecule has 4 atom stereocenters. The van der Waals surface area contributed by atoms with Crippen molar-refractivity contribution in [2.45, 2.75) is 24.6 Å². The number of fused-ring (bicyclic) bond motifs is 1. The van der Waals surface area contributed by atoms with Gasteiger partial charge in [-0.2, -0.15) is 4.98 Å². The molecule has 0 spiro atoms. The van der Waals surface area contributed by atoms with E-state index in [2.05, 4.69) is 15.0 Å². The van der Waals surface area contributed by atoms with Gasteiger partial charge >= 0.3 is 11.3 Å². The summed E-state index contributed by atoms with van der Waals surface area (Å²) in [6.07, 6.45) is -1.23. The molecule has 0 saturated carbocycles. The third-order valence-corrected chi connectivity index (χ3v) is 5.28. The van der Waals surface area contributed by atoms with Crippen LogP contribution in [-0.4, -0.2) is 69.1 Å². The minimum absolute atomic E-state index is 0.223. The lowest BCUT2D eigenvalue weighted by molar-refractivity contribution is -0.0529. The lowest BCUT2D eigenvalue weighted by atomic mass is 10.1. The lowest BCUT2D eigenvalue weighted by Gasteiger charge is -2.19. The molecule has 0 N–H and O–H groups in total. The maximum Gasteiger partial charge on any atom is 0.367 e. The first-order chi connectivity index (χ1) is 15.5. The third-order valence-electron chi connectivity index (χ3n) is 4.85. The number of halogens is 1. The number of esters is 1. The van der Waals surface area contributed by atoms with Gasteiger partial charge in [0.25, 0.3) is 0 Å². The molecule has 10 nitrogen and oxygen atoms in total. The standard InChI is InChI=1S/C20H19FN4O6S/c1-28-17-14-16(22-9-23-17)25(10-24-14)18-13(21)15(31-20(27)32-2)12(30-18)8-29-19(26)11-6-4-3-5-7-11/h3-7,9-10,12-13,15,18H,8H2,1-2H3/t12-,13+,15-,18-/m1/s1. The van der Waals surface area contributed by atoms with Crippen LogP contribution < -0.4 is 4.74 Å². The third kappa shape index (κ3) is 4.23. The maximum atomic E-state index is 15.4. The minimum Gasteiger partial charge on any atom is -0.479 e. The zero-order valence-electron chi connectivity index (χ0n) is 17.1. The Balaban J connectivity index is 1.57. The van der Waals surface area contributed by atoms with Crippen LogP contribution in [0.3, 0.4) is 0 Å². The molecule has 3 heterocycles. The Bertz CT molecular complexity index is 1110. The molecule has 4 rings (SSSR count). The van der Waals surface area contributed by atoms with Crippen molar-refractivity contribution in [3.05, 3.63) is 48.5 Å². The number of methoxy groups -OCH3 is 1. The number of imidazole rings is 1. The van der Waals surface area contributed by atoms with Crippen LogP contribution in [0.5, 0.6) is 5.88 Å². The highest BCUT2D eigenvalue weighted by molar-refractivity contribution is 8.12. The van der Waals surface area contributed by atoms with Gasteiger partial charge in [-0.25, -0.2) is 23.9 Å². The number of aromatic nitrogens is 4. The number of ether oxygens (including phenoxy) is 4. The highest BCUT2D eigenvalue weighted by Gasteiger charge is 2.49. The fourth-order valence-corrected chi connectivity index (χ4v) is 3.54. The minimum atomic E-state index is -1.77. The first-order valence-corrected chi connectivity index (χ1v) is 10.7. The molecule has 1 saturated heterocycles. The van der Waals surface area contributed by atoms with Crippen molar-refractivity contribution < 1.29 is 32.9 Å². The zero-order valence-corrected chi connectivity index (χ0v) is 17.9. The van der Waals surface area contributed by atoms with Gasteiger partial charge in [-0.1, -0.05) is 18.2 Å². The summed E-state index contributed by atoms with van der Waals surface area (Å²) in [4.78, 5) is 36.4. The number of carbonyl (C=O) groups excluding carboxylic acids is 2. The number of nitrogens with zero attached hydrogens (tertiary/aromatic N) is 4. The number of alkyl halides is 1. The highest BCUT2D eigenvalue weighted by Crippen LogP contribution is 2.37. The molecule has 0 bridgehead atoms. The van der Waals surface area contributed by atoms with Crippen LogP contribution in [0.1, 0.15) is 16.6 Å². The fraction of sp³-hybridized carbons (Fsp3) is 0.350. The maximum absolute atomic E-state index is 15.4. The summed E-state index contributed by atoms with van der Waals surface area (Å²) in [6.45, 7) is -0.318. The first-order valence-electron chi connectivity index (χ1n) is 9.51. The van der Waals surface area contributed by atoms with Gasteiger partial charge in [0.15, 0.2) is 29.7 Å². The van der Waals surface area contributed by atoms with Gasteiger partial charge in [0.1, 0.15) is 19.0 Å². The number of thioether (sulfide) groups is 1. The van der Waals surface area contributed by atoms with Crippen LogP contribution in [0.2, 0.25) is 0 Å². The Morgan fingerprint density at radius 3 is 2.72 bits per heavy atom. The Morgan fingerprint density at radius 2 is 2.00 bits per heavy atom. The van der Waals surface area contributed by atoms with E-state index >= 15 is 4.39 Å². The molecule has 1 aliphatic heterocycles. The Labute approximate surface area is 186 Å². The van der Waals surface area contributed by atoms with Gasteiger partial charge in [0.05, 0.1) is 19.0 Å². The van der Waals surface area contributed by atoms with E-state index in [0.29, 0.717) is 11.1 Å². The molecule has 32 heavy (non-hydrogen) atoms. The van der Waals surface area contributed by atoms with Crippen molar-refractivity contribution in [3.63, 3.8) is 0 Å². The van der Waals surface area contributed by atoms with Gasteiger partial charge in [-0.15, -0.1) is 0 Å². The van der Waals surface area contributed by atoms with Crippen LogP contribution in [0.15, 0.2) is 43.0 Å². The summed E-state index contributed by atoms with van der Waals surface area (Å²) < 4.78 is 38.3. The van der Waals surface area contributed by atoms with Crippen LogP contribution in [0.25, 0.3) is 11.2 Å². The van der Waals surface area contributed by atoms with Crippen molar-refractivity contribution in [1.29, 1.82) is 0 Å². The molecule has 0 unspecified atom stereocenters. The summed E-state index contributed by atoms with van der Waals surface area (Å²) in [6, 6.07) is 8.34. The van der Waals surface area contributed by atoms with Gasteiger partial charge in [-0.05, 0) is 30.2 Å². The van der Waals surface area contributed by atoms with Crippen molar-refractivity contribution in [1.82, 2.24) is 19.5 Å². The smallest absolute Gasteiger partial charge is 0.367 e. The van der Waals surface area contributed by atoms with E-state index in [1.54, 1.807) is 30.3 Å². The molecule has 0 amide bonds. The predicted octanol–water partition coefficient (Wildman–Crippen LogP) is 2.80. The van der Waals surface area contributed by atoms with E-state index in [-0.39, 0.29) is 18.1 Å². The molecule has 0 aliphatic carbocycles. The second-order valence-electron chi connectivity index (χ2n) is 6.72. The van der Waals surface area contributed by atoms with Crippen molar-refractivity contribution in [2.75, 3.05) is 20.0 Å². The average molecular weight is 462 g/mol. The Morgan fingerprint density at radius 1 is 1.22 bits per heavy atom.